The first-order valence-electron chi connectivity index (χ1n) is 7.40. The van der Waals surface area contributed by atoms with Gasteiger partial charge in [0.15, 0.2) is 0 Å². The fraction of sp³-hybridized carbons (Fsp3) is 0.400. The Labute approximate surface area is 137 Å². The molecule has 1 saturated heterocycles. The van der Waals surface area contributed by atoms with Gasteiger partial charge in [-0.3, -0.25) is 19.8 Å². The summed E-state index contributed by atoms with van der Waals surface area (Å²) in [4.78, 5) is 30.5. The highest BCUT2D eigenvalue weighted by atomic mass is 32.1. The summed E-state index contributed by atoms with van der Waals surface area (Å²) in [6, 6.07) is 6.29. The Balaban J connectivity index is 1.82. The molecule has 0 radical (unpaired) electrons. The van der Waals surface area contributed by atoms with E-state index < -0.39 is 4.92 Å². The molecular weight excluding hydrogens is 316 g/mol. The van der Waals surface area contributed by atoms with E-state index in [4.69, 9.17) is 0 Å². The van der Waals surface area contributed by atoms with Crippen molar-refractivity contribution in [2.24, 2.45) is 0 Å². The lowest BCUT2D eigenvalue weighted by molar-refractivity contribution is -0.384. The minimum absolute atomic E-state index is 0.0481. The Morgan fingerprint density at radius 3 is 2.48 bits per heavy atom. The van der Waals surface area contributed by atoms with Crippen LogP contribution < -0.4 is 4.87 Å². The molecule has 0 aliphatic carbocycles. The van der Waals surface area contributed by atoms with E-state index in [1.807, 2.05) is 0 Å². The van der Waals surface area contributed by atoms with Crippen molar-refractivity contribution in [3.63, 3.8) is 0 Å². The van der Waals surface area contributed by atoms with E-state index >= 15 is 0 Å². The van der Waals surface area contributed by atoms with Gasteiger partial charge in [-0.15, -0.1) is 0 Å². The zero-order chi connectivity index (χ0) is 16.4. The van der Waals surface area contributed by atoms with Crippen LogP contribution in [0.1, 0.15) is 4.88 Å². The SMILES string of the molecule is CN1CCN(Cc2sc(=O)[nH]c2-c2ccc([N+](=O)[O-])cc2)CC1. The van der Waals surface area contributed by atoms with E-state index in [2.05, 4.69) is 21.8 Å². The second-order valence-electron chi connectivity index (χ2n) is 5.70. The lowest BCUT2D eigenvalue weighted by atomic mass is 10.1. The van der Waals surface area contributed by atoms with Crippen LogP contribution in [0.25, 0.3) is 11.3 Å². The number of non-ortho nitro benzene ring substituents is 1. The number of rotatable bonds is 4. The molecule has 3 rings (SSSR count). The van der Waals surface area contributed by atoms with Gasteiger partial charge in [-0.1, -0.05) is 11.3 Å². The molecule has 0 atom stereocenters. The van der Waals surface area contributed by atoms with Crippen molar-refractivity contribution in [3.8, 4) is 11.3 Å². The van der Waals surface area contributed by atoms with Crippen LogP contribution in [-0.2, 0) is 6.54 Å². The third kappa shape index (κ3) is 3.66. The summed E-state index contributed by atoms with van der Waals surface area (Å²) < 4.78 is 0. The highest BCUT2D eigenvalue weighted by Crippen LogP contribution is 2.26. The molecular formula is C15H18N4O3S. The molecule has 0 bridgehead atoms. The maximum atomic E-state index is 11.8. The normalized spacial score (nSPS) is 16.6. The van der Waals surface area contributed by atoms with Gasteiger partial charge in [0.05, 0.1) is 10.6 Å². The number of hydrogen-bond acceptors (Lipinski definition) is 6. The molecule has 122 valence electrons. The Bertz CT molecular complexity index is 745. The van der Waals surface area contributed by atoms with Crippen LogP contribution >= 0.6 is 11.3 Å². The lowest BCUT2D eigenvalue weighted by Crippen LogP contribution is -2.43. The van der Waals surface area contributed by atoms with Gasteiger partial charge in [-0.05, 0) is 24.7 Å². The van der Waals surface area contributed by atoms with Crippen LogP contribution in [-0.4, -0.2) is 52.9 Å². The number of aromatic nitrogens is 1. The number of thiazole rings is 1. The van der Waals surface area contributed by atoms with E-state index in [0.29, 0.717) is 0 Å². The number of benzene rings is 1. The number of piperazine rings is 1. The fourth-order valence-corrected chi connectivity index (χ4v) is 3.56. The number of nitrogens with one attached hydrogen (secondary N) is 1. The van der Waals surface area contributed by atoms with E-state index in [9.17, 15) is 14.9 Å². The van der Waals surface area contributed by atoms with Crippen LogP contribution in [0.3, 0.4) is 0 Å². The number of aromatic amines is 1. The van der Waals surface area contributed by atoms with Gasteiger partial charge in [-0.2, -0.15) is 0 Å². The highest BCUT2D eigenvalue weighted by Gasteiger charge is 2.18. The predicted molar refractivity (Wildman–Crippen MR) is 89.8 cm³/mol. The molecule has 1 aliphatic heterocycles. The van der Waals surface area contributed by atoms with Crippen molar-refractivity contribution in [2.45, 2.75) is 6.54 Å². The van der Waals surface area contributed by atoms with Gasteiger partial charge < -0.3 is 9.88 Å². The van der Waals surface area contributed by atoms with Crippen LogP contribution in [0, 0.1) is 10.1 Å². The van der Waals surface area contributed by atoms with Crippen molar-refractivity contribution in [3.05, 3.63) is 48.9 Å². The lowest BCUT2D eigenvalue weighted by Gasteiger charge is -2.32. The smallest absolute Gasteiger partial charge is 0.305 e. The maximum absolute atomic E-state index is 11.8. The predicted octanol–water partition coefficient (Wildman–Crippen LogP) is 1.76. The third-order valence-corrected chi connectivity index (χ3v) is 4.92. The number of nitrogens with zero attached hydrogens (tertiary/aromatic N) is 3. The molecule has 2 heterocycles. The van der Waals surface area contributed by atoms with E-state index in [1.165, 1.54) is 23.5 Å². The molecule has 0 unspecified atom stereocenters. The molecule has 2 aromatic rings. The molecule has 1 aromatic heterocycles. The van der Waals surface area contributed by atoms with Crippen LogP contribution in [0.15, 0.2) is 29.1 Å². The largest absolute Gasteiger partial charge is 0.312 e. The third-order valence-electron chi connectivity index (χ3n) is 4.05. The topological polar surface area (TPSA) is 82.5 Å². The van der Waals surface area contributed by atoms with Crippen LogP contribution in [0.4, 0.5) is 5.69 Å². The summed E-state index contributed by atoms with van der Waals surface area (Å²) >= 11 is 1.21. The molecule has 23 heavy (non-hydrogen) atoms. The van der Waals surface area contributed by atoms with Crippen molar-refractivity contribution in [2.75, 3.05) is 33.2 Å². The summed E-state index contributed by atoms with van der Waals surface area (Å²) in [5.41, 5.74) is 1.62. The summed E-state index contributed by atoms with van der Waals surface area (Å²) in [6.45, 7) is 4.71. The molecule has 0 amide bonds. The average Bonchev–Trinajstić information content (AvgIpc) is 2.90. The Morgan fingerprint density at radius 2 is 1.87 bits per heavy atom. The molecule has 7 nitrogen and oxygen atoms in total. The van der Waals surface area contributed by atoms with Gasteiger partial charge in [-0.25, -0.2) is 0 Å². The van der Waals surface area contributed by atoms with Crippen molar-refractivity contribution < 1.29 is 4.92 Å². The summed E-state index contributed by atoms with van der Waals surface area (Å²) in [5.74, 6) is 0. The quantitative estimate of drug-likeness (QED) is 0.680. The highest BCUT2D eigenvalue weighted by molar-refractivity contribution is 7.09. The monoisotopic (exact) mass is 334 g/mol. The summed E-state index contributed by atoms with van der Waals surface area (Å²) in [6.07, 6.45) is 0. The molecule has 1 aromatic carbocycles. The van der Waals surface area contributed by atoms with Gasteiger partial charge >= 0.3 is 4.87 Å². The van der Waals surface area contributed by atoms with E-state index in [0.717, 1.165) is 48.9 Å². The number of hydrogen-bond donors (Lipinski definition) is 1. The number of likely N-dealkylation sites (N-methyl/N-ethyl adjacent to an activating group) is 1. The molecule has 0 spiro atoms. The first-order chi connectivity index (χ1) is 11.0. The molecule has 0 saturated carbocycles. The maximum Gasteiger partial charge on any atom is 0.305 e. The molecule has 1 aliphatic rings. The first kappa shape index (κ1) is 15.9. The van der Waals surface area contributed by atoms with Gasteiger partial charge in [0.1, 0.15) is 0 Å². The van der Waals surface area contributed by atoms with E-state index in [1.54, 1.807) is 12.1 Å². The first-order valence-corrected chi connectivity index (χ1v) is 8.22. The molecule has 1 fully saturated rings. The molecule has 8 heteroatoms. The van der Waals surface area contributed by atoms with Crippen LogP contribution in [0.5, 0.6) is 0 Å². The van der Waals surface area contributed by atoms with Crippen molar-refractivity contribution in [1.82, 2.24) is 14.8 Å². The van der Waals surface area contributed by atoms with Gasteiger partial charge in [0, 0.05) is 49.7 Å². The fourth-order valence-electron chi connectivity index (χ4n) is 2.66. The van der Waals surface area contributed by atoms with Crippen molar-refractivity contribution >= 4 is 17.0 Å². The average molecular weight is 334 g/mol. The Kier molecular flexibility index (Phi) is 4.56. The van der Waals surface area contributed by atoms with E-state index in [-0.39, 0.29) is 10.6 Å². The zero-order valence-corrected chi connectivity index (χ0v) is 13.6. The minimum atomic E-state index is -0.425. The number of H-pyrrole nitrogens is 1. The minimum Gasteiger partial charge on any atom is -0.312 e. The Hall–Kier alpha value is -2.03. The Morgan fingerprint density at radius 1 is 1.22 bits per heavy atom. The summed E-state index contributed by atoms with van der Waals surface area (Å²) in [5, 5.41) is 10.7. The van der Waals surface area contributed by atoms with Crippen LogP contribution in [0.2, 0.25) is 0 Å². The number of nitro groups is 1. The van der Waals surface area contributed by atoms with Gasteiger partial charge in [0.25, 0.3) is 5.69 Å². The number of nitro benzene ring substituents is 1. The standard InChI is InChI=1S/C15H18N4O3S/c1-17-6-8-18(9-7-17)10-13-14(16-15(20)23-13)11-2-4-12(5-3-11)19(21)22/h2-5H,6-10H2,1H3,(H,16,20). The second-order valence-corrected chi connectivity index (χ2v) is 6.76. The zero-order valence-electron chi connectivity index (χ0n) is 12.8. The van der Waals surface area contributed by atoms with Crippen molar-refractivity contribution in [1.29, 1.82) is 0 Å². The van der Waals surface area contributed by atoms with Gasteiger partial charge in [0.2, 0.25) is 0 Å². The summed E-state index contributed by atoms with van der Waals surface area (Å²) in [7, 11) is 2.11. The molecule has 1 N–H and O–H groups in total. The second kappa shape index (κ2) is 6.61.